The lowest BCUT2D eigenvalue weighted by molar-refractivity contribution is -0.137. The molecule has 0 amide bonds. The summed E-state index contributed by atoms with van der Waals surface area (Å²) in [6.07, 6.45) is -1.84. The van der Waals surface area contributed by atoms with Gasteiger partial charge in [0, 0.05) is 23.3 Å². The lowest BCUT2D eigenvalue weighted by atomic mass is 9.59. The largest absolute Gasteiger partial charge is 0.416 e. The third kappa shape index (κ3) is 2.71. The number of allylic oxidation sites excluding steroid dienone is 2. The summed E-state index contributed by atoms with van der Waals surface area (Å²) >= 11 is 0. The Kier molecular flexibility index (Phi) is 4.07. The maximum absolute atomic E-state index is 13.4. The predicted octanol–water partition coefficient (Wildman–Crippen LogP) is 5.28. The maximum atomic E-state index is 13.4. The minimum absolute atomic E-state index is 0.0238. The monoisotopic (exact) mass is 389 g/mol. The van der Waals surface area contributed by atoms with Gasteiger partial charge in [0.15, 0.2) is 11.9 Å². The number of ketones is 1. The summed E-state index contributed by atoms with van der Waals surface area (Å²) in [4.78, 5) is 13.3. The molecule has 2 aliphatic heterocycles. The normalized spacial score (nSPS) is 28.6. The van der Waals surface area contributed by atoms with Gasteiger partial charge in [0.25, 0.3) is 0 Å². The molecule has 0 fully saturated rings. The molecular formula is C21H22F3N3O. The molecule has 0 bridgehead atoms. The van der Waals surface area contributed by atoms with Crippen molar-refractivity contribution in [3.63, 3.8) is 0 Å². The van der Waals surface area contributed by atoms with Gasteiger partial charge in [-0.05, 0) is 29.9 Å². The van der Waals surface area contributed by atoms with Crippen LogP contribution in [0.4, 0.5) is 13.2 Å². The number of alkyl halides is 3. The number of halogens is 3. The Morgan fingerprint density at radius 1 is 1.25 bits per heavy atom. The first-order chi connectivity index (χ1) is 13.1. The zero-order valence-electron chi connectivity index (χ0n) is 16.0. The summed E-state index contributed by atoms with van der Waals surface area (Å²) in [5.41, 5.74) is 0.672. The highest BCUT2D eigenvalue weighted by Crippen LogP contribution is 2.54. The van der Waals surface area contributed by atoms with E-state index in [2.05, 4.69) is 15.5 Å². The molecule has 0 aromatic heterocycles. The highest BCUT2D eigenvalue weighted by molar-refractivity contribution is 6.01. The molecule has 1 unspecified atom stereocenters. The zero-order valence-corrected chi connectivity index (χ0v) is 16.0. The average Bonchev–Trinajstić information content (AvgIpc) is 3.06. The Balaban J connectivity index is 1.99. The SMILES string of the molecule is CC[C@]1(c2cccc(C(F)(F)F)c2)C2=CN=NC2NC2=C1C(=O)CC(C)(C)C2. The quantitative estimate of drug-likeness (QED) is 0.749. The van der Waals surface area contributed by atoms with Gasteiger partial charge in [0.1, 0.15) is 0 Å². The summed E-state index contributed by atoms with van der Waals surface area (Å²) in [7, 11) is 0. The molecule has 0 spiro atoms. The van der Waals surface area contributed by atoms with Gasteiger partial charge < -0.3 is 5.32 Å². The molecule has 2 heterocycles. The molecule has 148 valence electrons. The smallest absolute Gasteiger partial charge is 0.362 e. The van der Waals surface area contributed by atoms with Crippen LogP contribution in [0.3, 0.4) is 0 Å². The van der Waals surface area contributed by atoms with Gasteiger partial charge in [-0.25, -0.2) is 0 Å². The lowest BCUT2D eigenvalue weighted by Crippen LogP contribution is -2.51. The first-order valence-corrected chi connectivity index (χ1v) is 9.40. The van der Waals surface area contributed by atoms with Gasteiger partial charge in [-0.15, -0.1) is 0 Å². The van der Waals surface area contributed by atoms with Crippen LogP contribution >= 0.6 is 0 Å². The van der Waals surface area contributed by atoms with Crippen LogP contribution in [-0.2, 0) is 16.4 Å². The van der Waals surface area contributed by atoms with E-state index in [1.807, 2.05) is 20.8 Å². The molecule has 0 saturated carbocycles. The molecule has 1 aliphatic carbocycles. The van der Waals surface area contributed by atoms with Crippen molar-refractivity contribution in [1.29, 1.82) is 0 Å². The topological polar surface area (TPSA) is 53.8 Å². The number of carbonyl (C=O) groups excluding carboxylic acids is 1. The van der Waals surface area contributed by atoms with E-state index in [-0.39, 0.29) is 11.2 Å². The van der Waals surface area contributed by atoms with E-state index >= 15 is 0 Å². The fraction of sp³-hybridized carbons (Fsp3) is 0.476. The van der Waals surface area contributed by atoms with Crippen molar-refractivity contribution in [2.75, 3.05) is 0 Å². The summed E-state index contributed by atoms with van der Waals surface area (Å²) in [6.45, 7) is 5.95. The van der Waals surface area contributed by atoms with Crippen molar-refractivity contribution in [1.82, 2.24) is 5.32 Å². The van der Waals surface area contributed by atoms with E-state index in [0.29, 0.717) is 30.4 Å². The van der Waals surface area contributed by atoms with Gasteiger partial charge in [0.05, 0.1) is 17.2 Å². The van der Waals surface area contributed by atoms with Crippen LogP contribution < -0.4 is 5.32 Å². The molecule has 3 aliphatic rings. The standard InChI is InChI=1S/C21H22F3N3O/c1-4-20(12-6-5-7-13(8-12)21(22,23)24)14-11-25-27-18(14)26-15-9-19(2,3)10-16(28)17(15)20/h5-8,11,18,26H,4,9-10H2,1-3H3/t18?,20-/m0/s1. The third-order valence-corrected chi connectivity index (χ3v) is 5.99. The van der Waals surface area contributed by atoms with Crippen LogP contribution in [0.1, 0.15) is 51.2 Å². The first-order valence-electron chi connectivity index (χ1n) is 9.40. The lowest BCUT2D eigenvalue weighted by Gasteiger charge is -2.47. The average molecular weight is 389 g/mol. The Morgan fingerprint density at radius 2 is 2.00 bits per heavy atom. The van der Waals surface area contributed by atoms with Crippen LogP contribution in [0.2, 0.25) is 0 Å². The number of Topliss-reactive ketones (excluding diaryl/α,β-unsaturated/α-hetero) is 1. The van der Waals surface area contributed by atoms with Gasteiger partial charge in [-0.3, -0.25) is 4.79 Å². The molecule has 2 atom stereocenters. The minimum atomic E-state index is -4.45. The number of azo groups is 1. The number of benzene rings is 1. The van der Waals surface area contributed by atoms with Crippen LogP contribution in [-0.4, -0.2) is 11.9 Å². The molecule has 4 rings (SSSR count). The highest BCUT2D eigenvalue weighted by atomic mass is 19.4. The summed E-state index contributed by atoms with van der Waals surface area (Å²) in [5, 5.41) is 11.6. The predicted molar refractivity (Wildman–Crippen MR) is 98.3 cm³/mol. The summed E-state index contributed by atoms with van der Waals surface area (Å²) < 4.78 is 40.2. The fourth-order valence-corrected chi connectivity index (χ4v) is 4.85. The Bertz CT molecular complexity index is 942. The Hall–Kier alpha value is -2.44. The number of hydrogen-bond acceptors (Lipinski definition) is 4. The van der Waals surface area contributed by atoms with Crippen molar-refractivity contribution in [3.8, 4) is 0 Å². The van der Waals surface area contributed by atoms with Crippen molar-refractivity contribution in [2.24, 2.45) is 15.6 Å². The van der Waals surface area contributed by atoms with Gasteiger partial charge in [-0.2, -0.15) is 23.4 Å². The van der Waals surface area contributed by atoms with Crippen molar-refractivity contribution in [2.45, 2.75) is 57.8 Å². The highest BCUT2D eigenvalue weighted by Gasteiger charge is 2.53. The van der Waals surface area contributed by atoms with Crippen LogP contribution in [0.5, 0.6) is 0 Å². The Labute approximate surface area is 161 Å². The molecular weight excluding hydrogens is 367 g/mol. The molecule has 1 aromatic rings. The fourth-order valence-electron chi connectivity index (χ4n) is 4.85. The van der Waals surface area contributed by atoms with E-state index in [1.54, 1.807) is 12.3 Å². The molecule has 1 N–H and O–H groups in total. The van der Waals surface area contributed by atoms with Gasteiger partial charge in [-0.1, -0.05) is 39.0 Å². The number of nitrogens with one attached hydrogen (secondary N) is 1. The van der Waals surface area contributed by atoms with Gasteiger partial charge in [0.2, 0.25) is 0 Å². The summed E-state index contributed by atoms with van der Waals surface area (Å²) in [5.74, 6) is -0.0238. The van der Waals surface area contributed by atoms with Crippen molar-refractivity contribution in [3.05, 3.63) is 58.4 Å². The molecule has 28 heavy (non-hydrogen) atoms. The summed E-state index contributed by atoms with van der Waals surface area (Å²) in [6, 6.07) is 5.32. The van der Waals surface area contributed by atoms with Crippen molar-refractivity contribution >= 4 is 5.78 Å². The molecule has 0 saturated heterocycles. The van der Waals surface area contributed by atoms with Crippen LogP contribution in [0, 0.1) is 5.41 Å². The second-order valence-corrected chi connectivity index (χ2v) is 8.49. The number of fused-ring (bicyclic) bond motifs is 1. The van der Waals surface area contributed by atoms with E-state index in [0.717, 1.165) is 17.3 Å². The number of rotatable bonds is 2. The zero-order chi connectivity index (χ0) is 20.3. The maximum Gasteiger partial charge on any atom is 0.416 e. The van der Waals surface area contributed by atoms with E-state index in [4.69, 9.17) is 0 Å². The second kappa shape index (κ2) is 6.03. The Morgan fingerprint density at radius 3 is 2.68 bits per heavy atom. The van der Waals surface area contributed by atoms with Crippen LogP contribution in [0.15, 0.2) is 57.5 Å². The molecule has 0 radical (unpaired) electrons. The van der Waals surface area contributed by atoms with E-state index in [1.165, 1.54) is 12.1 Å². The number of hydrogen-bond donors (Lipinski definition) is 1. The molecule has 1 aromatic carbocycles. The minimum Gasteiger partial charge on any atom is -0.362 e. The number of carbonyl (C=O) groups is 1. The number of nitrogens with zero attached hydrogens (tertiary/aromatic N) is 2. The van der Waals surface area contributed by atoms with E-state index < -0.39 is 23.3 Å². The third-order valence-electron chi connectivity index (χ3n) is 5.99. The molecule has 7 heteroatoms. The second-order valence-electron chi connectivity index (χ2n) is 8.49. The van der Waals surface area contributed by atoms with Gasteiger partial charge >= 0.3 is 6.18 Å². The van der Waals surface area contributed by atoms with E-state index in [9.17, 15) is 18.0 Å². The first kappa shape index (κ1) is 18.9. The molecule has 4 nitrogen and oxygen atoms in total. The van der Waals surface area contributed by atoms with Crippen molar-refractivity contribution < 1.29 is 18.0 Å². The van der Waals surface area contributed by atoms with Crippen LogP contribution in [0.25, 0.3) is 0 Å².